The average molecular weight is 303 g/mol. The summed E-state index contributed by atoms with van der Waals surface area (Å²) in [6, 6.07) is 10.4. The number of nitrogens with one attached hydrogen (secondary N) is 1. The Morgan fingerprint density at radius 3 is 2.22 bits per heavy atom. The van der Waals surface area contributed by atoms with Gasteiger partial charge in [0.15, 0.2) is 5.75 Å². The third kappa shape index (κ3) is 3.02. The summed E-state index contributed by atoms with van der Waals surface area (Å²) in [7, 11) is 1.81. The summed E-state index contributed by atoms with van der Waals surface area (Å²) in [5, 5.41) is 4.62. The third-order valence-corrected chi connectivity index (χ3v) is 3.09. The molecule has 0 amide bonds. The molecule has 5 heteroatoms. The molecule has 0 aromatic heterocycles. The molecule has 2 aromatic rings. The lowest BCUT2D eigenvalue weighted by atomic mass is 10.3. The molecule has 0 aliphatic heterocycles. The average Bonchev–Trinajstić information content (AvgIpc) is 2.33. The van der Waals surface area contributed by atoms with Gasteiger partial charge in [-0.15, -0.1) is 0 Å². The quantitative estimate of drug-likeness (QED) is 0.810. The van der Waals surface area contributed by atoms with Crippen molar-refractivity contribution in [2.45, 2.75) is 0 Å². The monoisotopic (exact) mass is 301 g/mol. The summed E-state index contributed by atoms with van der Waals surface area (Å²) in [4.78, 5) is 0. The van der Waals surface area contributed by atoms with Crippen LogP contribution in [0.15, 0.2) is 36.4 Å². The van der Waals surface area contributed by atoms with Gasteiger partial charge in [-0.3, -0.25) is 0 Å². The van der Waals surface area contributed by atoms with Gasteiger partial charge < -0.3 is 10.1 Å². The van der Waals surface area contributed by atoms with E-state index in [-0.39, 0.29) is 0 Å². The lowest BCUT2D eigenvalue weighted by Gasteiger charge is -2.12. The van der Waals surface area contributed by atoms with Crippen LogP contribution in [0.25, 0.3) is 0 Å². The molecule has 0 radical (unpaired) electrons. The number of ether oxygens (including phenoxy) is 1. The Kier molecular flexibility index (Phi) is 4.23. The zero-order chi connectivity index (χ0) is 13.1. The first-order chi connectivity index (χ1) is 8.60. The molecule has 0 aliphatic rings. The van der Waals surface area contributed by atoms with Gasteiger partial charge in [0, 0.05) is 23.2 Å². The van der Waals surface area contributed by atoms with E-state index in [0.717, 1.165) is 5.69 Å². The van der Waals surface area contributed by atoms with Crippen LogP contribution in [0.3, 0.4) is 0 Å². The standard InChI is InChI=1S/C13H10Cl3NO/c1-17-11-4-2-9(15)7-13(11)18-12-5-3-8(14)6-10(12)16/h2-7,17H,1H3. The molecule has 0 aliphatic carbocycles. The Morgan fingerprint density at radius 2 is 1.56 bits per heavy atom. The molecule has 1 N–H and O–H groups in total. The van der Waals surface area contributed by atoms with Crippen molar-refractivity contribution in [3.8, 4) is 11.5 Å². The SMILES string of the molecule is CNc1ccc(Cl)cc1Oc1ccc(Cl)cc1Cl. The third-order valence-electron chi connectivity index (χ3n) is 2.33. The number of rotatable bonds is 3. The van der Waals surface area contributed by atoms with Gasteiger partial charge in [-0.1, -0.05) is 34.8 Å². The number of benzene rings is 2. The van der Waals surface area contributed by atoms with E-state index in [9.17, 15) is 0 Å². The molecule has 0 fully saturated rings. The Bertz CT molecular complexity index is 572. The maximum atomic E-state index is 6.05. The van der Waals surface area contributed by atoms with Crippen LogP contribution in [0.5, 0.6) is 11.5 Å². The number of hydrogen-bond acceptors (Lipinski definition) is 2. The molecule has 2 aromatic carbocycles. The summed E-state index contributed by atoms with van der Waals surface area (Å²) in [6.07, 6.45) is 0. The highest BCUT2D eigenvalue weighted by molar-refractivity contribution is 6.35. The van der Waals surface area contributed by atoms with E-state index in [0.29, 0.717) is 26.6 Å². The fourth-order valence-electron chi connectivity index (χ4n) is 1.46. The first-order valence-corrected chi connectivity index (χ1v) is 6.34. The van der Waals surface area contributed by atoms with Crippen molar-refractivity contribution in [3.63, 3.8) is 0 Å². The Morgan fingerprint density at radius 1 is 0.889 bits per heavy atom. The minimum atomic E-state index is 0.449. The van der Waals surface area contributed by atoms with Crippen molar-refractivity contribution in [1.29, 1.82) is 0 Å². The molecule has 0 saturated heterocycles. The largest absolute Gasteiger partial charge is 0.454 e. The zero-order valence-electron chi connectivity index (χ0n) is 9.51. The molecular formula is C13H10Cl3NO. The van der Waals surface area contributed by atoms with Crippen LogP contribution in [-0.2, 0) is 0 Å². The topological polar surface area (TPSA) is 21.3 Å². The van der Waals surface area contributed by atoms with Gasteiger partial charge in [-0.25, -0.2) is 0 Å². The second kappa shape index (κ2) is 5.70. The van der Waals surface area contributed by atoms with Crippen LogP contribution in [0.2, 0.25) is 15.1 Å². The number of halogens is 3. The minimum Gasteiger partial charge on any atom is -0.454 e. The number of anilines is 1. The van der Waals surface area contributed by atoms with Crippen LogP contribution in [0, 0.1) is 0 Å². The van der Waals surface area contributed by atoms with E-state index in [2.05, 4.69) is 5.32 Å². The maximum Gasteiger partial charge on any atom is 0.152 e. The van der Waals surface area contributed by atoms with Gasteiger partial charge >= 0.3 is 0 Å². The molecule has 2 nitrogen and oxygen atoms in total. The van der Waals surface area contributed by atoms with Gasteiger partial charge in [-0.05, 0) is 30.3 Å². The van der Waals surface area contributed by atoms with E-state index in [4.69, 9.17) is 39.5 Å². The van der Waals surface area contributed by atoms with Crippen molar-refractivity contribution in [1.82, 2.24) is 0 Å². The predicted octanol–water partition coefficient (Wildman–Crippen LogP) is 5.48. The molecule has 0 heterocycles. The normalized spacial score (nSPS) is 10.2. The van der Waals surface area contributed by atoms with Crippen LogP contribution in [0.4, 0.5) is 5.69 Å². The molecule has 2 rings (SSSR count). The molecule has 0 spiro atoms. The Hall–Kier alpha value is -1.09. The summed E-state index contributed by atoms with van der Waals surface area (Å²) < 4.78 is 5.73. The molecular weight excluding hydrogens is 293 g/mol. The summed E-state index contributed by atoms with van der Waals surface area (Å²) in [5.74, 6) is 1.13. The van der Waals surface area contributed by atoms with Crippen LogP contribution in [0.1, 0.15) is 0 Å². The fourth-order valence-corrected chi connectivity index (χ4v) is 2.07. The Balaban J connectivity index is 2.36. The first kappa shape index (κ1) is 13.3. The maximum absolute atomic E-state index is 6.05. The van der Waals surface area contributed by atoms with E-state index in [1.54, 1.807) is 37.4 Å². The van der Waals surface area contributed by atoms with E-state index < -0.39 is 0 Å². The summed E-state index contributed by atoms with van der Waals surface area (Å²) in [6.45, 7) is 0. The van der Waals surface area contributed by atoms with Gasteiger partial charge in [0.25, 0.3) is 0 Å². The van der Waals surface area contributed by atoms with Crippen molar-refractivity contribution in [2.75, 3.05) is 12.4 Å². The molecule has 0 atom stereocenters. The molecule has 18 heavy (non-hydrogen) atoms. The smallest absolute Gasteiger partial charge is 0.152 e. The van der Waals surface area contributed by atoms with E-state index in [1.807, 2.05) is 6.07 Å². The highest BCUT2D eigenvalue weighted by atomic mass is 35.5. The van der Waals surface area contributed by atoms with Crippen molar-refractivity contribution < 1.29 is 4.74 Å². The van der Waals surface area contributed by atoms with Crippen LogP contribution in [-0.4, -0.2) is 7.05 Å². The zero-order valence-corrected chi connectivity index (χ0v) is 11.8. The highest BCUT2D eigenvalue weighted by Gasteiger charge is 2.08. The van der Waals surface area contributed by atoms with Gasteiger partial charge in [0.05, 0.1) is 10.7 Å². The van der Waals surface area contributed by atoms with Gasteiger partial charge in [0.2, 0.25) is 0 Å². The van der Waals surface area contributed by atoms with E-state index in [1.165, 1.54) is 0 Å². The summed E-state index contributed by atoms with van der Waals surface area (Å²) >= 11 is 17.8. The minimum absolute atomic E-state index is 0.449. The van der Waals surface area contributed by atoms with Crippen LogP contribution >= 0.6 is 34.8 Å². The molecule has 0 saturated carbocycles. The Labute approximate surface area is 120 Å². The first-order valence-electron chi connectivity index (χ1n) is 5.20. The lowest BCUT2D eigenvalue weighted by Crippen LogP contribution is -1.93. The molecule has 94 valence electrons. The summed E-state index contributed by atoms with van der Waals surface area (Å²) in [5.41, 5.74) is 0.824. The molecule has 0 bridgehead atoms. The second-order valence-electron chi connectivity index (χ2n) is 3.57. The number of hydrogen-bond donors (Lipinski definition) is 1. The lowest BCUT2D eigenvalue weighted by molar-refractivity contribution is 0.485. The fraction of sp³-hybridized carbons (Fsp3) is 0.0769. The van der Waals surface area contributed by atoms with E-state index >= 15 is 0 Å². The highest BCUT2D eigenvalue weighted by Crippen LogP contribution is 2.36. The van der Waals surface area contributed by atoms with Crippen molar-refractivity contribution in [3.05, 3.63) is 51.5 Å². The predicted molar refractivity (Wildman–Crippen MR) is 77.5 cm³/mol. The van der Waals surface area contributed by atoms with Gasteiger partial charge in [-0.2, -0.15) is 0 Å². The van der Waals surface area contributed by atoms with Crippen molar-refractivity contribution in [2.24, 2.45) is 0 Å². The van der Waals surface area contributed by atoms with Crippen LogP contribution < -0.4 is 10.1 Å². The molecule has 0 unspecified atom stereocenters. The van der Waals surface area contributed by atoms with Crippen molar-refractivity contribution >= 4 is 40.5 Å². The van der Waals surface area contributed by atoms with Gasteiger partial charge in [0.1, 0.15) is 5.75 Å². The second-order valence-corrected chi connectivity index (χ2v) is 4.85.